The van der Waals surface area contributed by atoms with Crippen LogP contribution in [0.15, 0.2) is 36.4 Å². The number of fused-ring (bicyclic) bond motifs is 4. The molecule has 0 saturated heterocycles. The van der Waals surface area contributed by atoms with Crippen LogP contribution in [0.3, 0.4) is 0 Å². The molecule has 1 atom stereocenters. The SMILES string of the molecule is Cc1c(-c2c(C)c3c(c(C)c2[C@H](OC(C)(C)C)C(=O)O)NS(=O)(=O)Cc2ccccc2-3)ccc2c1CCCO2. The molecule has 0 aliphatic carbocycles. The lowest BCUT2D eigenvalue weighted by atomic mass is 9.80. The molecule has 7 nitrogen and oxygen atoms in total. The third-order valence-corrected chi connectivity index (χ3v) is 8.76. The van der Waals surface area contributed by atoms with Gasteiger partial charge in [0.1, 0.15) is 5.75 Å². The lowest BCUT2D eigenvalue weighted by molar-refractivity contribution is -0.160. The summed E-state index contributed by atoms with van der Waals surface area (Å²) in [6, 6.07) is 11.4. The van der Waals surface area contributed by atoms with Crippen LogP contribution in [0.2, 0.25) is 0 Å². The van der Waals surface area contributed by atoms with Gasteiger partial charge in [0.2, 0.25) is 10.0 Å². The maximum absolute atomic E-state index is 13.2. The molecule has 0 radical (unpaired) electrons. The number of carboxylic acid groups (broad SMARTS) is 1. The summed E-state index contributed by atoms with van der Waals surface area (Å²) in [4.78, 5) is 12.8. The lowest BCUT2D eigenvalue weighted by Gasteiger charge is -2.31. The molecule has 3 aromatic rings. The molecule has 3 aromatic carbocycles. The van der Waals surface area contributed by atoms with Crippen LogP contribution in [0.5, 0.6) is 5.75 Å². The lowest BCUT2D eigenvalue weighted by Crippen LogP contribution is -2.29. The van der Waals surface area contributed by atoms with Gasteiger partial charge in [0, 0.05) is 11.1 Å². The van der Waals surface area contributed by atoms with Crippen molar-refractivity contribution in [2.75, 3.05) is 11.3 Å². The van der Waals surface area contributed by atoms with E-state index in [2.05, 4.69) is 4.72 Å². The zero-order valence-electron chi connectivity index (χ0n) is 23.3. The minimum atomic E-state index is -3.74. The Bertz CT molecular complexity index is 1600. The number of anilines is 1. The Labute approximate surface area is 230 Å². The van der Waals surface area contributed by atoms with E-state index in [0.29, 0.717) is 29.0 Å². The van der Waals surface area contributed by atoms with Gasteiger partial charge in [-0.2, -0.15) is 0 Å². The molecule has 2 aliphatic heterocycles. The summed E-state index contributed by atoms with van der Waals surface area (Å²) in [5.41, 5.74) is 7.49. The van der Waals surface area contributed by atoms with Crippen LogP contribution in [0.25, 0.3) is 22.3 Å². The average molecular weight is 550 g/mol. The number of hydrogen-bond acceptors (Lipinski definition) is 5. The minimum absolute atomic E-state index is 0.169. The fourth-order valence-corrected chi connectivity index (χ4v) is 7.22. The molecule has 0 amide bonds. The van der Waals surface area contributed by atoms with Crippen LogP contribution in [0, 0.1) is 20.8 Å². The van der Waals surface area contributed by atoms with Gasteiger partial charge in [-0.15, -0.1) is 0 Å². The molecule has 0 bridgehead atoms. The normalized spacial score (nSPS) is 16.6. The Morgan fingerprint density at radius 2 is 1.72 bits per heavy atom. The van der Waals surface area contributed by atoms with Crippen molar-refractivity contribution in [3.8, 4) is 28.0 Å². The second-order valence-electron chi connectivity index (χ2n) is 11.4. The largest absolute Gasteiger partial charge is 0.493 e. The van der Waals surface area contributed by atoms with Gasteiger partial charge in [-0.3, -0.25) is 4.72 Å². The molecular weight excluding hydrogens is 514 g/mol. The quantitative estimate of drug-likeness (QED) is 0.387. The fourth-order valence-electron chi connectivity index (χ4n) is 5.92. The van der Waals surface area contributed by atoms with Crippen molar-refractivity contribution >= 4 is 21.7 Å². The number of benzene rings is 3. The predicted octanol–water partition coefficient (Wildman–Crippen LogP) is 6.47. The highest BCUT2D eigenvalue weighted by atomic mass is 32.2. The number of nitrogens with one attached hydrogen (secondary N) is 1. The average Bonchev–Trinajstić information content (AvgIpc) is 2.98. The Morgan fingerprint density at radius 1 is 1.00 bits per heavy atom. The molecule has 0 unspecified atom stereocenters. The number of rotatable bonds is 4. The van der Waals surface area contributed by atoms with Crippen molar-refractivity contribution in [1.82, 2.24) is 0 Å². The molecule has 8 heteroatoms. The highest BCUT2D eigenvalue weighted by molar-refractivity contribution is 7.92. The van der Waals surface area contributed by atoms with Crippen LogP contribution < -0.4 is 9.46 Å². The molecule has 39 heavy (non-hydrogen) atoms. The first-order valence-electron chi connectivity index (χ1n) is 13.2. The van der Waals surface area contributed by atoms with Crippen molar-refractivity contribution in [3.05, 3.63) is 69.8 Å². The van der Waals surface area contributed by atoms with Gasteiger partial charge in [0.05, 0.1) is 23.6 Å². The van der Waals surface area contributed by atoms with E-state index in [0.717, 1.165) is 57.5 Å². The Morgan fingerprint density at radius 3 is 2.41 bits per heavy atom. The highest BCUT2D eigenvalue weighted by Gasteiger charge is 2.36. The first-order valence-corrected chi connectivity index (χ1v) is 14.9. The number of sulfonamides is 1. The van der Waals surface area contributed by atoms with E-state index in [1.165, 1.54) is 0 Å². The van der Waals surface area contributed by atoms with Crippen molar-refractivity contribution in [2.45, 2.75) is 71.8 Å². The summed E-state index contributed by atoms with van der Waals surface area (Å²) in [5.74, 6) is -0.450. The number of carbonyl (C=O) groups is 1. The van der Waals surface area contributed by atoms with Crippen LogP contribution in [0.1, 0.15) is 66.7 Å². The molecular formula is C31H35NO6S. The van der Waals surface area contributed by atoms with E-state index in [4.69, 9.17) is 9.47 Å². The van der Waals surface area contributed by atoms with Crippen molar-refractivity contribution < 1.29 is 27.8 Å². The Hall–Kier alpha value is -3.36. The van der Waals surface area contributed by atoms with E-state index in [9.17, 15) is 18.3 Å². The topological polar surface area (TPSA) is 102 Å². The molecule has 5 rings (SSSR count). The predicted molar refractivity (Wildman–Crippen MR) is 153 cm³/mol. The molecule has 2 aliphatic rings. The number of aliphatic carboxylic acids is 1. The van der Waals surface area contributed by atoms with Gasteiger partial charge in [0.15, 0.2) is 6.10 Å². The molecule has 2 heterocycles. The third-order valence-electron chi connectivity index (χ3n) is 7.55. The van der Waals surface area contributed by atoms with Gasteiger partial charge in [0.25, 0.3) is 0 Å². The zero-order chi connectivity index (χ0) is 28.3. The molecule has 0 fully saturated rings. The summed E-state index contributed by atoms with van der Waals surface area (Å²) in [6.07, 6.45) is 0.460. The minimum Gasteiger partial charge on any atom is -0.493 e. The molecule has 206 valence electrons. The first-order chi connectivity index (χ1) is 18.3. The van der Waals surface area contributed by atoms with E-state index in [1.54, 1.807) is 6.92 Å². The Kier molecular flexibility index (Phi) is 6.75. The van der Waals surface area contributed by atoms with Gasteiger partial charge < -0.3 is 14.6 Å². The van der Waals surface area contributed by atoms with Gasteiger partial charge in [-0.05, 0) is 105 Å². The number of carboxylic acids is 1. The maximum Gasteiger partial charge on any atom is 0.337 e. The van der Waals surface area contributed by atoms with E-state index < -0.39 is 27.7 Å². The smallest absolute Gasteiger partial charge is 0.337 e. The summed E-state index contributed by atoms with van der Waals surface area (Å²) in [6.45, 7) is 11.9. The van der Waals surface area contributed by atoms with Crippen LogP contribution >= 0.6 is 0 Å². The van der Waals surface area contributed by atoms with Crippen LogP contribution in [-0.2, 0) is 31.7 Å². The van der Waals surface area contributed by atoms with E-state index in [-0.39, 0.29) is 5.75 Å². The molecule has 2 N–H and O–H groups in total. The van der Waals surface area contributed by atoms with Gasteiger partial charge in [-0.25, -0.2) is 13.2 Å². The van der Waals surface area contributed by atoms with E-state index in [1.807, 2.05) is 71.0 Å². The monoisotopic (exact) mass is 549 g/mol. The summed E-state index contributed by atoms with van der Waals surface area (Å²) < 4.78 is 41.3. The second-order valence-corrected chi connectivity index (χ2v) is 13.1. The van der Waals surface area contributed by atoms with Crippen LogP contribution in [0.4, 0.5) is 5.69 Å². The van der Waals surface area contributed by atoms with Crippen LogP contribution in [-0.4, -0.2) is 31.7 Å². The third kappa shape index (κ3) is 4.92. The number of ether oxygens (including phenoxy) is 2. The molecule has 0 saturated carbocycles. The zero-order valence-corrected chi connectivity index (χ0v) is 24.1. The van der Waals surface area contributed by atoms with Crippen molar-refractivity contribution in [1.29, 1.82) is 0 Å². The molecule has 0 spiro atoms. The van der Waals surface area contributed by atoms with E-state index >= 15 is 0 Å². The highest BCUT2D eigenvalue weighted by Crippen LogP contribution is 2.50. The maximum atomic E-state index is 13.2. The van der Waals surface area contributed by atoms with Gasteiger partial charge >= 0.3 is 5.97 Å². The Balaban J connectivity index is 1.94. The first kappa shape index (κ1) is 27.2. The van der Waals surface area contributed by atoms with Gasteiger partial charge in [-0.1, -0.05) is 30.3 Å². The summed E-state index contributed by atoms with van der Waals surface area (Å²) in [5, 5.41) is 10.5. The number of hydrogen-bond donors (Lipinski definition) is 2. The fraction of sp³-hybridized carbons (Fsp3) is 0.387. The standard InChI is InChI=1S/C31H35NO6S/c1-17-21-12-9-15-37-24(21)14-13-22(17)25-18(2)26-23-11-8-7-10-20(23)16-39(35,36)32-28(26)19(3)27(25)29(30(33)34)38-31(4,5)6/h7-8,10-11,13-14,29,32H,9,12,15-16H2,1-6H3,(H,33,34)/t29-/m0/s1. The summed E-state index contributed by atoms with van der Waals surface area (Å²) in [7, 11) is -3.74. The molecule has 0 aromatic heterocycles. The summed E-state index contributed by atoms with van der Waals surface area (Å²) >= 11 is 0. The second kappa shape index (κ2) is 9.68. The van der Waals surface area contributed by atoms with Crippen molar-refractivity contribution in [3.63, 3.8) is 0 Å². The van der Waals surface area contributed by atoms with Crippen molar-refractivity contribution in [2.24, 2.45) is 0 Å².